The van der Waals surface area contributed by atoms with Gasteiger partial charge in [0.25, 0.3) is 5.69 Å². The van der Waals surface area contributed by atoms with Crippen LogP contribution in [0.5, 0.6) is 0 Å². The number of carbonyl (C=O) groups excluding carboxylic acids is 1. The number of hydrogen-bond donors (Lipinski definition) is 0. The van der Waals surface area contributed by atoms with E-state index in [4.69, 9.17) is 0 Å². The molecular weight excluding hydrogens is 319 g/mol. The van der Waals surface area contributed by atoms with Crippen molar-refractivity contribution >= 4 is 27.4 Å². The first-order chi connectivity index (χ1) is 8.29. The highest BCUT2D eigenvalue weighted by atomic mass is 79.9. The summed E-state index contributed by atoms with van der Waals surface area (Å²) in [6.45, 7) is 0. The van der Waals surface area contributed by atoms with E-state index in [1.54, 1.807) is 0 Å². The Labute approximate surface area is 108 Å². The van der Waals surface area contributed by atoms with Crippen molar-refractivity contribution in [1.82, 2.24) is 0 Å². The lowest BCUT2D eigenvalue weighted by Gasteiger charge is -2.11. The van der Waals surface area contributed by atoms with Crippen LogP contribution in [-0.4, -0.2) is 16.0 Å². The van der Waals surface area contributed by atoms with Gasteiger partial charge in [0.15, 0.2) is 5.78 Å². The van der Waals surface area contributed by atoms with Crippen LogP contribution in [0.2, 0.25) is 0 Å². The molecule has 1 aromatic rings. The number of Topliss-reactive ketones (excluding diaryl/α,β-unsaturated/α-hetero) is 1. The molecule has 0 amide bonds. The molecule has 0 N–H and O–H groups in total. The highest BCUT2D eigenvalue weighted by Gasteiger charge is 2.42. The van der Waals surface area contributed by atoms with Gasteiger partial charge in [-0.15, -0.1) is 0 Å². The van der Waals surface area contributed by atoms with Crippen molar-refractivity contribution in [1.29, 1.82) is 0 Å². The summed E-state index contributed by atoms with van der Waals surface area (Å²) in [5.41, 5.74) is -3.26. The van der Waals surface area contributed by atoms with Gasteiger partial charge in [-0.2, -0.15) is 13.2 Å². The number of benzene rings is 1. The van der Waals surface area contributed by atoms with E-state index in [1.807, 2.05) is 0 Å². The standard InChI is InChI=1S/C10H7BrF3NO3/c11-5-4-8(16)6-2-1-3-7(15(17)18)9(6)10(12,13)14/h1-3H,4-5H2. The maximum Gasteiger partial charge on any atom is 0.423 e. The zero-order valence-corrected chi connectivity index (χ0v) is 10.4. The van der Waals surface area contributed by atoms with Crippen molar-refractivity contribution in [3.05, 3.63) is 39.4 Å². The predicted molar refractivity (Wildman–Crippen MR) is 60.8 cm³/mol. The summed E-state index contributed by atoms with van der Waals surface area (Å²) in [7, 11) is 0. The molecule has 18 heavy (non-hydrogen) atoms. The molecule has 98 valence electrons. The van der Waals surface area contributed by atoms with Crippen molar-refractivity contribution in [3.8, 4) is 0 Å². The molecule has 0 aliphatic heterocycles. The molecule has 0 bridgehead atoms. The van der Waals surface area contributed by atoms with Gasteiger partial charge in [0.2, 0.25) is 0 Å². The molecule has 0 heterocycles. The molecule has 0 saturated heterocycles. The molecule has 0 aliphatic rings. The molecule has 0 radical (unpaired) electrons. The number of ketones is 1. The molecule has 0 saturated carbocycles. The van der Waals surface area contributed by atoms with E-state index >= 15 is 0 Å². The van der Waals surface area contributed by atoms with E-state index in [0.717, 1.165) is 18.2 Å². The fourth-order valence-electron chi connectivity index (χ4n) is 1.44. The molecule has 0 fully saturated rings. The minimum absolute atomic E-state index is 0.162. The van der Waals surface area contributed by atoms with Crippen LogP contribution in [0.25, 0.3) is 0 Å². The zero-order valence-electron chi connectivity index (χ0n) is 8.83. The number of carbonyl (C=O) groups is 1. The van der Waals surface area contributed by atoms with E-state index in [9.17, 15) is 28.1 Å². The Morgan fingerprint density at radius 1 is 1.39 bits per heavy atom. The van der Waals surface area contributed by atoms with E-state index in [0.29, 0.717) is 0 Å². The molecule has 0 aromatic heterocycles. The quantitative estimate of drug-likeness (QED) is 0.368. The average Bonchev–Trinajstić information content (AvgIpc) is 2.27. The number of nitro groups is 1. The number of rotatable bonds is 4. The van der Waals surface area contributed by atoms with Crippen molar-refractivity contribution in [3.63, 3.8) is 0 Å². The number of nitro benzene ring substituents is 1. The monoisotopic (exact) mass is 325 g/mol. The molecule has 4 nitrogen and oxygen atoms in total. The summed E-state index contributed by atoms with van der Waals surface area (Å²) >= 11 is 2.93. The minimum atomic E-state index is -4.94. The Bertz CT molecular complexity index is 488. The fourth-order valence-corrected chi connectivity index (χ4v) is 1.80. The van der Waals surface area contributed by atoms with Crippen LogP contribution in [0, 0.1) is 10.1 Å². The summed E-state index contributed by atoms with van der Waals surface area (Å²) < 4.78 is 38.4. The molecule has 8 heteroatoms. The summed E-state index contributed by atoms with van der Waals surface area (Å²) in [5.74, 6) is -0.789. The van der Waals surface area contributed by atoms with Crippen LogP contribution in [0.15, 0.2) is 18.2 Å². The van der Waals surface area contributed by atoms with E-state index in [2.05, 4.69) is 15.9 Å². The van der Waals surface area contributed by atoms with Gasteiger partial charge in [0, 0.05) is 23.4 Å². The number of halogens is 4. The fraction of sp³-hybridized carbons (Fsp3) is 0.300. The largest absolute Gasteiger partial charge is 0.423 e. The van der Waals surface area contributed by atoms with Crippen molar-refractivity contribution in [2.75, 3.05) is 5.33 Å². The Morgan fingerprint density at radius 2 is 2.00 bits per heavy atom. The first-order valence-electron chi connectivity index (χ1n) is 4.72. The van der Waals surface area contributed by atoms with E-state index < -0.39 is 33.7 Å². The van der Waals surface area contributed by atoms with Crippen molar-refractivity contribution < 1.29 is 22.9 Å². The molecule has 0 aliphatic carbocycles. The van der Waals surface area contributed by atoms with Crippen LogP contribution in [0.3, 0.4) is 0 Å². The van der Waals surface area contributed by atoms with Gasteiger partial charge in [-0.1, -0.05) is 28.1 Å². The summed E-state index contributed by atoms with van der Waals surface area (Å²) in [6.07, 6.45) is -5.11. The Morgan fingerprint density at radius 3 is 2.44 bits per heavy atom. The van der Waals surface area contributed by atoms with Gasteiger partial charge in [-0.25, -0.2) is 0 Å². The second kappa shape index (κ2) is 5.47. The second-order valence-corrected chi connectivity index (χ2v) is 4.11. The normalized spacial score (nSPS) is 11.3. The van der Waals surface area contributed by atoms with E-state index in [-0.39, 0.29) is 11.8 Å². The van der Waals surface area contributed by atoms with Gasteiger partial charge in [-0.05, 0) is 0 Å². The summed E-state index contributed by atoms with van der Waals surface area (Å²) in [4.78, 5) is 21.0. The van der Waals surface area contributed by atoms with Gasteiger partial charge in [-0.3, -0.25) is 14.9 Å². The lowest BCUT2D eigenvalue weighted by molar-refractivity contribution is -0.388. The molecule has 0 spiro atoms. The van der Waals surface area contributed by atoms with Crippen LogP contribution in [-0.2, 0) is 6.18 Å². The Hall–Kier alpha value is -1.44. The van der Waals surface area contributed by atoms with Gasteiger partial charge in [0.05, 0.1) is 4.92 Å². The van der Waals surface area contributed by atoms with Gasteiger partial charge in [0.1, 0.15) is 5.56 Å². The maximum atomic E-state index is 12.8. The van der Waals surface area contributed by atoms with Gasteiger partial charge < -0.3 is 0 Å². The first kappa shape index (κ1) is 14.6. The molecule has 0 unspecified atom stereocenters. The van der Waals surface area contributed by atoms with Gasteiger partial charge >= 0.3 is 6.18 Å². The molecule has 0 atom stereocenters. The van der Waals surface area contributed by atoms with Crippen LogP contribution < -0.4 is 0 Å². The summed E-state index contributed by atoms with van der Waals surface area (Å²) in [5, 5.41) is 10.8. The molecular formula is C10H7BrF3NO3. The highest BCUT2D eigenvalue weighted by molar-refractivity contribution is 9.09. The predicted octanol–water partition coefficient (Wildman–Crippen LogP) is 3.58. The van der Waals surface area contributed by atoms with Crippen molar-refractivity contribution in [2.45, 2.75) is 12.6 Å². The van der Waals surface area contributed by atoms with Crippen LogP contribution >= 0.6 is 15.9 Å². The first-order valence-corrected chi connectivity index (χ1v) is 5.85. The maximum absolute atomic E-state index is 12.8. The number of hydrogen-bond acceptors (Lipinski definition) is 3. The molecule has 1 aromatic carbocycles. The third-order valence-corrected chi connectivity index (χ3v) is 2.54. The SMILES string of the molecule is O=C(CCBr)c1cccc([N+](=O)[O-])c1C(F)(F)F. The van der Waals surface area contributed by atoms with E-state index in [1.165, 1.54) is 0 Å². The van der Waals surface area contributed by atoms with Crippen LogP contribution in [0.4, 0.5) is 18.9 Å². The average molecular weight is 326 g/mol. The Balaban J connectivity index is 3.48. The van der Waals surface area contributed by atoms with Crippen LogP contribution in [0.1, 0.15) is 22.3 Å². The lowest BCUT2D eigenvalue weighted by Crippen LogP contribution is -2.16. The van der Waals surface area contributed by atoms with Crippen molar-refractivity contribution in [2.24, 2.45) is 0 Å². The smallest absolute Gasteiger partial charge is 0.294 e. The number of nitrogens with zero attached hydrogens (tertiary/aromatic N) is 1. The highest BCUT2D eigenvalue weighted by Crippen LogP contribution is 2.38. The minimum Gasteiger partial charge on any atom is -0.294 e. The third kappa shape index (κ3) is 3.06. The second-order valence-electron chi connectivity index (χ2n) is 3.32. The summed E-state index contributed by atoms with van der Waals surface area (Å²) in [6, 6.07) is 2.74. The Kier molecular flexibility index (Phi) is 4.44. The molecule has 1 rings (SSSR count). The topological polar surface area (TPSA) is 60.2 Å². The third-order valence-electron chi connectivity index (χ3n) is 2.14. The number of alkyl halides is 4. The lowest BCUT2D eigenvalue weighted by atomic mass is 10.00. The zero-order chi connectivity index (χ0) is 13.9.